The number of aromatic nitrogens is 1. The molecule has 0 spiro atoms. The van der Waals surface area contributed by atoms with Crippen molar-refractivity contribution in [2.45, 2.75) is 44.2 Å². The van der Waals surface area contributed by atoms with Crippen LogP contribution in [0.15, 0.2) is 57.9 Å². The van der Waals surface area contributed by atoms with Crippen molar-refractivity contribution in [2.24, 2.45) is 0 Å². The number of aryl methyl sites for hydroxylation is 1. The Hall–Kier alpha value is -2.35. The van der Waals surface area contributed by atoms with Crippen LogP contribution < -0.4 is 4.72 Å². The maximum Gasteiger partial charge on any atom is 0.263 e. The van der Waals surface area contributed by atoms with E-state index < -0.39 is 10.0 Å². The number of anilines is 1. The van der Waals surface area contributed by atoms with E-state index in [9.17, 15) is 8.42 Å². The van der Waals surface area contributed by atoms with Crippen molar-refractivity contribution in [3.05, 3.63) is 76.0 Å². The number of halogens is 1. The molecular weight excluding hydrogens is 422 g/mol. The lowest BCUT2D eigenvalue weighted by atomic mass is 9.97. The van der Waals surface area contributed by atoms with Gasteiger partial charge in [0, 0.05) is 36.6 Å². The number of fused-ring (bicyclic) bond motifs is 1. The van der Waals surface area contributed by atoms with Crippen molar-refractivity contribution in [2.75, 3.05) is 11.3 Å². The van der Waals surface area contributed by atoms with Gasteiger partial charge < -0.3 is 4.52 Å². The Bertz CT molecular complexity index is 1160. The molecule has 0 saturated carbocycles. The van der Waals surface area contributed by atoms with E-state index in [1.165, 1.54) is 5.56 Å². The molecule has 1 N–H and O–H groups in total. The Labute approximate surface area is 181 Å². The SMILES string of the molecule is CCc1cc(NS(=O)(=O)c2ccc3c(c2)CN([C@H](C)c2cccc(Cl)c2)CC3)no1. The Morgan fingerprint density at radius 1 is 1.20 bits per heavy atom. The van der Waals surface area contributed by atoms with Crippen molar-refractivity contribution < 1.29 is 12.9 Å². The molecule has 3 aromatic rings. The van der Waals surface area contributed by atoms with Crippen LogP contribution in [0.5, 0.6) is 0 Å². The van der Waals surface area contributed by atoms with Gasteiger partial charge >= 0.3 is 0 Å². The van der Waals surface area contributed by atoms with Gasteiger partial charge in [-0.1, -0.05) is 41.9 Å². The summed E-state index contributed by atoms with van der Waals surface area (Å²) in [4.78, 5) is 2.56. The van der Waals surface area contributed by atoms with Gasteiger partial charge in [-0.2, -0.15) is 0 Å². The maximum absolute atomic E-state index is 12.8. The molecule has 0 radical (unpaired) electrons. The first-order chi connectivity index (χ1) is 14.4. The third-order valence-corrected chi connectivity index (χ3v) is 7.14. The van der Waals surface area contributed by atoms with Crippen LogP contribution in [-0.2, 0) is 29.4 Å². The first-order valence-electron chi connectivity index (χ1n) is 9.95. The van der Waals surface area contributed by atoms with Gasteiger partial charge in [-0.05, 0) is 54.3 Å². The Morgan fingerprint density at radius 2 is 2.03 bits per heavy atom. The van der Waals surface area contributed by atoms with Gasteiger partial charge in [-0.25, -0.2) is 8.42 Å². The number of rotatable bonds is 6. The molecule has 30 heavy (non-hydrogen) atoms. The zero-order valence-corrected chi connectivity index (χ0v) is 18.5. The van der Waals surface area contributed by atoms with E-state index in [0.717, 1.165) is 29.1 Å². The number of nitrogens with one attached hydrogen (secondary N) is 1. The molecule has 0 fully saturated rings. The second kappa shape index (κ2) is 8.41. The van der Waals surface area contributed by atoms with Gasteiger partial charge in [0.2, 0.25) is 0 Å². The van der Waals surface area contributed by atoms with Crippen LogP contribution in [0.3, 0.4) is 0 Å². The Morgan fingerprint density at radius 3 is 2.77 bits per heavy atom. The summed E-state index contributed by atoms with van der Waals surface area (Å²) in [6.07, 6.45) is 1.52. The largest absolute Gasteiger partial charge is 0.359 e. The molecule has 0 saturated heterocycles. The van der Waals surface area contributed by atoms with Gasteiger partial charge in [0.05, 0.1) is 4.90 Å². The molecule has 1 atom stereocenters. The summed E-state index contributed by atoms with van der Waals surface area (Å²) in [5.41, 5.74) is 3.35. The normalized spacial score (nSPS) is 15.6. The quantitative estimate of drug-likeness (QED) is 0.589. The Kier molecular flexibility index (Phi) is 5.86. The van der Waals surface area contributed by atoms with Crippen LogP contribution in [0, 0.1) is 0 Å². The third-order valence-electron chi connectivity index (χ3n) is 5.55. The maximum atomic E-state index is 12.8. The van der Waals surface area contributed by atoms with Crippen LogP contribution >= 0.6 is 11.6 Å². The van der Waals surface area contributed by atoms with E-state index in [-0.39, 0.29) is 16.8 Å². The van der Waals surface area contributed by atoms with Crippen LogP contribution in [0.25, 0.3) is 0 Å². The average Bonchev–Trinajstić information content (AvgIpc) is 3.19. The highest BCUT2D eigenvalue weighted by atomic mass is 35.5. The van der Waals surface area contributed by atoms with Gasteiger partial charge in [0.25, 0.3) is 10.0 Å². The molecule has 2 heterocycles. The highest BCUT2D eigenvalue weighted by molar-refractivity contribution is 7.92. The summed E-state index contributed by atoms with van der Waals surface area (Å²) in [5, 5.41) is 4.49. The molecule has 0 amide bonds. The fraction of sp³-hybridized carbons (Fsp3) is 0.318. The van der Waals surface area contributed by atoms with Crippen molar-refractivity contribution in [3.63, 3.8) is 0 Å². The van der Waals surface area contributed by atoms with Crippen LogP contribution in [0.2, 0.25) is 5.02 Å². The Balaban J connectivity index is 1.55. The number of nitrogens with zero attached hydrogens (tertiary/aromatic N) is 2. The first-order valence-corrected chi connectivity index (χ1v) is 11.8. The second-order valence-corrected chi connectivity index (χ2v) is 9.64. The van der Waals surface area contributed by atoms with Gasteiger partial charge in [0.15, 0.2) is 5.82 Å². The lowest BCUT2D eigenvalue weighted by Crippen LogP contribution is -2.33. The molecule has 8 heteroatoms. The fourth-order valence-electron chi connectivity index (χ4n) is 3.75. The molecule has 158 valence electrons. The molecule has 1 aliphatic heterocycles. The first kappa shape index (κ1) is 20.9. The van der Waals surface area contributed by atoms with E-state index in [1.807, 2.05) is 31.2 Å². The van der Waals surface area contributed by atoms with E-state index >= 15 is 0 Å². The monoisotopic (exact) mass is 445 g/mol. The molecule has 4 rings (SSSR count). The number of hydrogen-bond donors (Lipinski definition) is 1. The van der Waals surface area contributed by atoms with E-state index in [2.05, 4.69) is 27.8 Å². The summed E-state index contributed by atoms with van der Waals surface area (Å²) < 4.78 is 33.3. The lowest BCUT2D eigenvalue weighted by molar-refractivity contribution is 0.192. The number of sulfonamides is 1. The average molecular weight is 446 g/mol. The topological polar surface area (TPSA) is 75.4 Å². The van der Waals surface area contributed by atoms with Crippen molar-refractivity contribution in [1.82, 2.24) is 10.1 Å². The molecule has 6 nitrogen and oxygen atoms in total. The fourth-order valence-corrected chi connectivity index (χ4v) is 4.99. The minimum atomic E-state index is -3.75. The molecule has 1 aromatic heterocycles. The predicted molar refractivity (Wildman–Crippen MR) is 117 cm³/mol. The molecule has 0 bridgehead atoms. The minimum Gasteiger partial charge on any atom is -0.359 e. The summed E-state index contributed by atoms with van der Waals surface area (Å²) >= 11 is 6.15. The van der Waals surface area contributed by atoms with Crippen molar-refractivity contribution in [3.8, 4) is 0 Å². The summed E-state index contributed by atoms with van der Waals surface area (Å²) in [6.45, 7) is 5.65. The predicted octanol–water partition coefficient (Wildman–Crippen LogP) is 4.81. The van der Waals surface area contributed by atoms with Crippen molar-refractivity contribution in [1.29, 1.82) is 0 Å². The van der Waals surface area contributed by atoms with Crippen molar-refractivity contribution >= 4 is 27.4 Å². The molecule has 1 aliphatic rings. The standard InChI is InChI=1S/C22H24ClN3O3S/c1-3-20-13-22(24-29-20)25-30(27,28)21-8-7-16-9-10-26(14-18(16)12-21)15(2)17-5-4-6-19(23)11-17/h4-8,11-13,15H,3,9-10,14H2,1-2H3,(H,24,25)/t15-/m1/s1. The van der Waals surface area contributed by atoms with Crippen LogP contribution in [0.1, 0.15) is 42.3 Å². The van der Waals surface area contributed by atoms with E-state index in [1.54, 1.807) is 18.2 Å². The number of benzene rings is 2. The highest BCUT2D eigenvalue weighted by Crippen LogP contribution is 2.30. The third kappa shape index (κ3) is 4.38. The smallest absolute Gasteiger partial charge is 0.263 e. The summed E-state index contributed by atoms with van der Waals surface area (Å²) in [5.74, 6) is 0.824. The lowest BCUT2D eigenvalue weighted by Gasteiger charge is -2.34. The van der Waals surface area contributed by atoms with E-state index in [4.69, 9.17) is 16.1 Å². The van der Waals surface area contributed by atoms with Crippen LogP contribution in [-0.4, -0.2) is 25.0 Å². The molecule has 0 aliphatic carbocycles. The highest BCUT2D eigenvalue weighted by Gasteiger charge is 2.24. The second-order valence-electron chi connectivity index (χ2n) is 7.52. The summed E-state index contributed by atoms with van der Waals surface area (Å²) in [7, 11) is -3.75. The zero-order valence-electron chi connectivity index (χ0n) is 16.9. The van der Waals surface area contributed by atoms with Crippen LogP contribution in [0.4, 0.5) is 5.82 Å². The van der Waals surface area contributed by atoms with Gasteiger partial charge in [0.1, 0.15) is 5.76 Å². The number of hydrogen-bond acceptors (Lipinski definition) is 5. The molecular formula is C22H24ClN3O3S. The van der Waals surface area contributed by atoms with Gasteiger partial charge in [-0.3, -0.25) is 9.62 Å². The van der Waals surface area contributed by atoms with E-state index in [0.29, 0.717) is 18.7 Å². The summed E-state index contributed by atoms with van der Waals surface area (Å²) in [6, 6.07) is 15.0. The molecule has 2 aromatic carbocycles. The van der Waals surface area contributed by atoms with Gasteiger partial charge in [-0.15, -0.1) is 0 Å². The minimum absolute atomic E-state index is 0.179. The molecule has 0 unspecified atom stereocenters. The zero-order chi connectivity index (χ0) is 21.3.